The lowest BCUT2D eigenvalue weighted by atomic mass is 9.48. The van der Waals surface area contributed by atoms with Crippen molar-refractivity contribution in [3.05, 3.63) is 46.4 Å². The molecule has 0 atom stereocenters. The minimum atomic E-state index is 0.447. The fraction of sp³-hybridized carbons (Fsp3) is 0.455. The largest absolute Gasteiger partial charge is 0.456 e. The van der Waals surface area contributed by atoms with Crippen molar-refractivity contribution in [2.45, 2.75) is 43.9 Å². The summed E-state index contributed by atoms with van der Waals surface area (Å²) in [6.45, 7) is 0. The van der Waals surface area contributed by atoms with Crippen LogP contribution in [0.1, 0.15) is 44.1 Å². The summed E-state index contributed by atoms with van der Waals surface area (Å²) in [6.07, 6.45) is 8.74. The number of fused-ring (bicyclic) bond motifs is 3. The summed E-state index contributed by atoms with van der Waals surface area (Å²) < 4.78 is 7.29. The minimum Gasteiger partial charge on any atom is -0.456 e. The van der Waals surface area contributed by atoms with Crippen LogP contribution in [-0.2, 0) is 5.41 Å². The summed E-state index contributed by atoms with van der Waals surface area (Å²) in [6, 6.07) is 13.4. The third kappa shape index (κ3) is 1.87. The van der Waals surface area contributed by atoms with Crippen molar-refractivity contribution in [2.75, 3.05) is 0 Å². The van der Waals surface area contributed by atoms with Gasteiger partial charge in [-0.15, -0.1) is 0 Å². The van der Waals surface area contributed by atoms with Crippen LogP contribution in [0, 0.1) is 17.8 Å². The first kappa shape index (κ1) is 13.9. The number of hydrogen-bond donors (Lipinski definition) is 0. The van der Waals surface area contributed by atoms with Gasteiger partial charge in [0.2, 0.25) is 0 Å². The van der Waals surface area contributed by atoms with Crippen molar-refractivity contribution in [3.8, 4) is 0 Å². The highest BCUT2D eigenvalue weighted by Gasteiger charge is 2.51. The zero-order valence-corrected chi connectivity index (χ0v) is 15.3. The molecule has 1 aromatic heterocycles. The van der Waals surface area contributed by atoms with Gasteiger partial charge in [0.15, 0.2) is 0 Å². The second-order valence-electron chi connectivity index (χ2n) is 8.65. The molecule has 1 nitrogen and oxygen atoms in total. The van der Waals surface area contributed by atoms with Crippen molar-refractivity contribution in [3.63, 3.8) is 0 Å². The molecule has 0 aliphatic heterocycles. The third-order valence-electron chi connectivity index (χ3n) is 7.09. The van der Waals surface area contributed by atoms with Crippen molar-refractivity contribution < 1.29 is 4.42 Å². The second-order valence-corrected chi connectivity index (χ2v) is 9.57. The number of furan rings is 1. The van der Waals surface area contributed by atoms with Crippen LogP contribution in [-0.4, -0.2) is 0 Å². The molecule has 1 heterocycles. The molecule has 4 fully saturated rings. The molecule has 0 unspecified atom stereocenters. The Bertz CT molecular complexity index is 931. The van der Waals surface area contributed by atoms with Crippen molar-refractivity contribution >= 4 is 37.9 Å². The monoisotopic (exact) mass is 380 g/mol. The van der Waals surface area contributed by atoms with Crippen molar-refractivity contribution in [1.82, 2.24) is 0 Å². The first-order valence-electron chi connectivity index (χ1n) is 9.31. The zero-order chi connectivity index (χ0) is 15.9. The summed E-state index contributed by atoms with van der Waals surface area (Å²) in [4.78, 5) is 0. The van der Waals surface area contributed by atoms with E-state index in [1.54, 1.807) is 5.56 Å². The van der Waals surface area contributed by atoms with E-state index in [0.29, 0.717) is 5.41 Å². The van der Waals surface area contributed by atoms with Gasteiger partial charge in [0.05, 0.1) is 0 Å². The molecule has 4 bridgehead atoms. The molecule has 4 aliphatic carbocycles. The fourth-order valence-corrected chi connectivity index (χ4v) is 6.89. The molecule has 2 aromatic carbocycles. The summed E-state index contributed by atoms with van der Waals surface area (Å²) in [5, 5.41) is 2.48. The Labute approximate surface area is 150 Å². The molecular weight excluding hydrogens is 360 g/mol. The Balaban J connectivity index is 1.52. The van der Waals surface area contributed by atoms with Gasteiger partial charge < -0.3 is 4.42 Å². The quantitative estimate of drug-likeness (QED) is 0.451. The minimum absolute atomic E-state index is 0.447. The SMILES string of the molecule is Brc1ccc2c(c1)oc1cc(C34CC5CC(CC(C5)C3)C4)ccc12. The van der Waals surface area contributed by atoms with Gasteiger partial charge in [-0.25, -0.2) is 0 Å². The third-order valence-corrected chi connectivity index (χ3v) is 7.58. The standard InChI is InChI=1S/C22H21BrO/c23-17-2-4-19-18-3-1-16(8-20(18)24-21(19)9-17)22-10-13-5-14(11-22)7-15(6-13)12-22/h1-4,8-9,13-15H,5-7,10-12H2. The second kappa shape index (κ2) is 4.66. The summed E-state index contributed by atoms with van der Waals surface area (Å²) in [7, 11) is 0. The normalized spacial score (nSPS) is 34.5. The molecular formula is C22H21BrO. The smallest absolute Gasteiger partial charge is 0.136 e. The van der Waals surface area contributed by atoms with Crippen LogP contribution in [0.5, 0.6) is 0 Å². The lowest BCUT2D eigenvalue weighted by Gasteiger charge is -2.57. The zero-order valence-electron chi connectivity index (χ0n) is 13.7. The molecule has 2 heteroatoms. The maximum absolute atomic E-state index is 6.21. The van der Waals surface area contributed by atoms with E-state index in [1.807, 2.05) is 0 Å². The molecule has 3 aromatic rings. The molecule has 122 valence electrons. The molecule has 0 saturated heterocycles. The van der Waals surface area contributed by atoms with Crippen LogP contribution >= 0.6 is 15.9 Å². The van der Waals surface area contributed by atoms with E-state index < -0.39 is 0 Å². The first-order valence-corrected chi connectivity index (χ1v) is 10.1. The average Bonchev–Trinajstić information content (AvgIpc) is 2.90. The van der Waals surface area contributed by atoms with Gasteiger partial charge in [-0.1, -0.05) is 28.1 Å². The van der Waals surface area contributed by atoms with E-state index in [2.05, 4.69) is 52.3 Å². The molecule has 7 rings (SSSR count). The highest BCUT2D eigenvalue weighted by atomic mass is 79.9. The molecule has 0 N–H and O–H groups in total. The van der Waals surface area contributed by atoms with Crippen LogP contribution in [0.2, 0.25) is 0 Å². The Kier molecular flexibility index (Phi) is 2.71. The van der Waals surface area contributed by atoms with Gasteiger partial charge in [0.25, 0.3) is 0 Å². The molecule has 0 radical (unpaired) electrons. The molecule has 0 spiro atoms. The Morgan fingerprint density at radius 2 is 1.38 bits per heavy atom. The molecule has 4 saturated carbocycles. The van der Waals surface area contributed by atoms with E-state index in [4.69, 9.17) is 4.42 Å². The lowest BCUT2D eigenvalue weighted by Crippen LogP contribution is -2.48. The van der Waals surface area contributed by atoms with Gasteiger partial charge in [0.1, 0.15) is 11.2 Å². The van der Waals surface area contributed by atoms with Gasteiger partial charge in [-0.3, -0.25) is 0 Å². The van der Waals surface area contributed by atoms with Crippen molar-refractivity contribution in [2.24, 2.45) is 17.8 Å². The number of halogens is 1. The van der Waals surface area contributed by atoms with Crippen LogP contribution in [0.15, 0.2) is 45.3 Å². The van der Waals surface area contributed by atoms with Crippen LogP contribution in [0.4, 0.5) is 0 Å². The van der Waals surface area contributed by atoms with Crippen LogP contribution in [0.3, 0.4) is 0 Å². The van der Waals surface area contributed by atoms with Gasteiger partial charge in [-0.2, -0.15) is 0 Å². The van der Waals surface area contributed by atoms with E-state index in [9.17, 15) is 0 Å². The molecule has 0 amide bonds. The molecule has 24 heavy (non-hydrogen) atoms. The summed E-state index contributed by atoms with van der Waals surface area (Å²) in [5.41, 5.74) is 4.05. The Morgan fingerprint density at radius 3 is 2.04 bits per heavy atom. The van der Waals surface area contributed by atoms with Crippen LogP contribution < -0.4 is 0 Å². The van der Waals surface area contributed by atoms with E-state index in [-0.39, 0.29) is 0 Å². The Hall–Kier alpha value is -1.28. The predicted molar refractivity (Wildman–Crippen MR) is 101 cm³/mol. The van der Waals surface area contributed by atoms with Gasteiger partial charge in [-0.05, 0) is 91.5 Å². The van der Waals surface area contributed by atoms with E-state index in [1.165, 1.54) is 49.3 Å². The average molecular weight is 381 g/mol. The van der Waals surface area contributed by atoms with E-state index in [0.717, 1.165) is 33.4 Å². The maximum atomic E-state index is 6.21. The fourth-order valence-electron chi connectivity index (χ4n) is 6.54. The number of rotatable bonds is 1. The summed E-state index contributed by atoms with van der Waals surface area (Å²) >= 11 is 3.55. The summed E-state index contributed by atoms with van der Waals surface area (Å²) in [5.74, 6) is 2.95. The van der Waals surface area contributed by atoms with Gasteiger partial charge >= 0.3 is 0 Å². The molecule has 4 aliphatic rings. The highest BCUT2D eigenvalue weighted by Crippen LogP contribution is 2.60. The maximum Gasteiger partial charge on any atom is 0.136 e. The van der Waals surface area contributed by atoms with Crippen molar-refractivity contribution in [1.29, 1.82) is 0 Å². The van der Waals surface area contributed by atoms with E-state index >= 15 is 0 Å². The number of benzene rings is 2. The highest BCUT2D eigenvalue weighted by molar-refractivity contribution is 9.10. The van der Waals surface area contributed by atoms with Crippen LogP contribution in [0.25, 0.3) is 21.9 Å². The number of hydrogen-bond acceptors (Lipinski definition) is 1. The predicted octanol–water partition coefficient (Wildman–Crippen LogP) is 6.82. The topological polar surface area (TPSA) is 13.1 Å². The Morgan fingerprint density at radius 1 is 0.792 bits per heavy atom. The first-order chi connectivity index (χ1) is 11.7. The van der Waals surface area contributed by atoms with Gasteiger partial charge in [0, 0.05) is 15.2 Å². The lowest BCUT2D eigenvalue weighted by molar-refractivity contribution is -0.00515.